The van der Waals surface area contributed by atoms with Crippen molar-refractivity contribution in [2.75, 3.05) is 6.61 Å². The second kappa shape index (κ2) is 6.89. The third kappa shape index (κ3) is 3.86. The number of hydrogen-bond donors (Lipinski definition) is 0. The van der Waals surface area contributed by atoms with Gasteiger partial charge in [0.25, 0.3) is 0 Å². The number of hydrogen-bond acceptors (Lipinski definition) is 6. The van der Waals surface area contributed by atoms with Gasteiger partial charge < -0.3 is 9.47 Å². The number of esters is 1. The number of carbonyl (C=O) groups is 1. The number of aromatic nitrogens is 5. The van der Waals surface area contributed by atoms with E-state index in [1.807, 2.05) is 0 Å². The Hall–Kier alpha value is -3.11. The van der Waals surface area contributed by atoms with Gasteiger partial charge >= 0.3 is 12.1 Å². The zero-order chi connectivity index (χ0) is 19.8. The monoisotopic (exact) mass is 383 g/mol. The molecule has 11 heteroatoms. The van der Waals surface area contributed by atoms with Crippen molar-refractivity contribution in [3.05, 3.63) is 30.0 Å². The highest BCUT2D eigenvalue weighted by atomic mass is 19.4. The molecule has 2 heterocycles. The number of halogens is 3. The maximum absolute atomic E-state index is 12.8. The Morgan fingerprint density at radius 2 is 1.89 bits per heavy atom. The number of ether oxygens (including phenoxy) is 2. The lowest BCUT2D eigenvalue weighted by atomic mass is 10.3. The molecule has 8 nitrogen and oxygen atoms in total. The summed E-state index contributed by atoms with van der Waals surface area (Å²) < 4.78 is 49.5. The van der Waals surface area contributed by atoms with Crippen LogP contribution in [-0.4, -0.2) is 37.4 Å². The molecular formula is C16H16F3N5O3. The van der Waals surface area contributed by atoms with Gasteiger partial charge in [-0.15, -0.1) is 5.10 Å². The van der Waals surface area contributed by atoms with Gasteiger partial charge in [0, 0.05) is 19.2 Å². The van der Waals surface area contributed by atoms with Crippen LogP contribution in [0.25, 0.3) is 11.0 Å². The molecule has 0 aliphatic rings. The molecule has 1 atom stereocenters. The second-order valence-electron chi connectivity index (χ2n) is 5.69. The molecule has 0 aliphatic heterocycles. The molecule has 0 radical (unpaired) electrons. The third-order valence-electron chi connectivity index (χ3n) is 3.71. The van der Waals surface area contributed by atoms with Crippen LogP contribution in [0.4, 0.5) is 13.2 Å². The van der Waals surface area contributed by atoms with Gasteiger partial charge in [-0.1, -0.05) is 0 Å². The molecule has 27 heavy (non-hydrogen) atoms. The minimum absolute atomic E-state index is 0.198. The van der Waals surface area contributed by atoms with Crippen molar-refractivity contribution in [2.24, 2.45) is 7.05 Å². The van der Waals surface area contributed by atoms with Crippen LogP contribution in [0.3, 0.4) is 0 Å². The van der Waals surface area contributed by atoms with Crippen LogP contribution in [0.5, 0.6) is 11.6 Å². The van der Waals surface area contributed by atoms with Gasteiger partial charge in [0.05, 0.1) is 6.61 Å². The normalized spacial score (nSPS) is 13.0. The predicted molar refractivity (Wildman–Crippen MR) is 87.2 cm³/mol. The van der Waals surface area contributed by atoms with E-state index < -0.39 is 23.9 Å². The van der Waals surface area contributed by atoms with Gasteiger partial charge in [0.2, 0.25) is 5.88 Å². The Bertz CT molecular complexity index is 979. The number of fused-ring (bicyclic) bond motifs is 1. The van der Waals surface area contributed by atoms with Crippen molar-refractivity contribution in [1.82, 2.24) is 24.8 Å². The molecule has 0 spiro atoms. The van der Waals surface area contributed by atoms with E-state index in [1.54, 1.807) is 19.9 Å². The summed E-state index contributed by atoms with van der Waals surface area (Å²) in [5.41, 5.74) is -0.0149. The zero-order valence-electron chi connectivity index (χ0n) is 14.7. The summed E-state index contributed by atoms with van der Waals surface area (Å²) >= 11 is 0. The number of nitrogens with zero attached hydrogens (tertiary/aromatic N) is 5. The van der Waals surface area contributed by atoms with Crippen LogP contribution in [0.1, 0.15) is 25.6 Å². The van der Waals surface area contributed by atoms with Crippen LogP contribution >= 0.6 is 0 Å². The standard InChI is InChI=1S/C16H16F3N5O3/c1-4-26-15(25)9(2)24-20-11-6-5-10(7-12(11)21-24)27-14-8-13(16(17,18)19)23(3)22-14/h5-9H,4H2,1-3H3. The van der Waals surface area contributed by atoms with Crippen LogP contribution < -0.4 is 4.74 Å². The van der Waals surface area contributed by atoms with Crippen molar-refractivity contribution in [3.8, 4) is 11.6 Å². The summed E-state index contributed by atoms with van der Waals surface area (Å²) in [5.74, 6) is -0.427. The van der Waals surface area contributed by atoms with E-state index in [9.17, 15) is 18.0 Å². The van der Waals surface area contributed by atoms with Crippen LogP contribution in [-0.2, 0) is 22.8 Å². The fourth-order valence-electron chi connectivity index (χ4n) is 2.38. The molecule has 1 unspecified atom stereocenters. The minimum Gasteiger partial charge on any atom is -0.464 e. The molecule has 0 aliphatic carbocycles. The predicted octanol–water partition coefficient (Wildman–Crippen LogP) is 3.10. The molecule has 3 rings (SSSR count). The third-order valence-corrected chi connectivity index (χ3v) is 3.71. The van der Waals surface area contributed by atoms with Crippen molar-refractivity contribution in [3.63, 3.8) is 0 Å². The summed E-state index contributed by atoms with van der Waals surface area (Å²) in [7, 11) is 1.18. The zero-order valence-corrected chi connectivity index (χ0v) is 14.7. The molecule has 0 saturated carbocycles. The van der Waals surface area contributed by atoms with Crippen LogP contribution in [0, 0.1) is 0 Å². The number of benzene rings is 1. The van der Waals surface area contributed by atoms with E-state index in [1.165, 1.54) is 24.0 Å². The molecule has 0 saturated heterocycles. The van der Waals surface area contributed by atoms with Gasteiger partial charge in [0.1, 0.15) is 22.5 Å². The summed E-state index contributed by atoms with van der Waals surface area (Å²) in [5, 5.41) is 12.1. The maximum Gasteiger partial charge on any atom is 0.433 e. The van der Waals surface area contributed by atoms with Gasteiger partial charge in [-0.05, 0) is 26.0 Å². The summed E-state index contributed by atoms with van der Waals surface area (Å²) in [4.78, 5) is 13.0. The van der Waals surface area contributed by atoms with E-state index in [-0.39, 0.29) is 18.2 Å². The first-order chi connectivity index (χ1) is 12.7. The lowest BCUT2D eigenvalue weighted by Gasteiger charge is -2.08. The van der Waals surface area contributed by atoms with E-state index in [0.29, 0.717) is 15.7 Å². The number of carbonyl (C=O) groups excluding carboxylic acids is 1. The highest BCUT2D eigenvalue weighted by Gasteiger charge is 2.35. The van der Waals surface area contributed by atoms with Gasteiger partial charge in [-0.25, -0.2) is 4.79 Å². The molecule has 0 fully saturated rings. The quantitative estimate of drug-likeness (QED) is 0.630. The van der Waals surface area contributed by atoms with Crippen molar-refractivity contribution < 1.29 is 27.4 Å². The minimum atomic E-state index is -4.53. The van der Waals surface area contributed by atoms with Crippen LogP contribution in [0.2, 0.25) is 0 Å². The number of alkyl halides is 3. The highest BCUT2D eigenvalue weighted by Crippen LogP contribution is 2.32. The van der Waals surface area contributed by atoms with E-state index in [0.717, 1.165) is 6.07 Å². The molecule has 1 aromatic carbocycles. The fourth-order valence-corrected chi connectivity index (χ4v) is 2.38. The molecule has 2 aromatic heterocycles. The summed E-state index contributed by atoms with van der Waals surface area (Å²) in [6.07, 6.45) is -4.53. The first kappa shape index (κ1) is 18.7. The fraction of sp³-hybridized carbons (Fsp3) is 0.375. The largest absolute Gasteiger partial charge is 0.464 e. The number of rotatable bonds is 5. The Morgan fingerprint density at radius 3 is 2.52 bits per heavy atom. The first-order valence-corrected chi connectivity index (χ1v) is 8.01. The Morgan fingerprint density at radius 1 is 1.19 bits per heavy atom. The molecule has 0 amide bonds. The second-order valence-corrected chi connectivity index (χ2v) is 5.69. The molecule has 144 valence electrons. The summed E-state index contributed by atoms with van der Waals surface area (Å²) in [6, 6.07) is 4.70. The average Bonchev–Trinajstić information content (AvgIpc) is 3.17. The molecule has 3 aromatic rings. The van der Waals surface area contributed by atoms with Gasteiger partial charge in [-0.2, -0.15) is 28.2 Å². The topological polar surface area (TPSA) is 84.1 Å². The van der Waals surface area contributed by atoms with Crippen molar-refractivity contribution >= 4 is 17.0 Å². The Labute approximate surface area is 151 Å². The van der Waals surface area contributed by atoms with E-state index in [2.05, 4.69) is 15.3 Å². The van der Waals surface area contributed by atoms with E-state index in [4.69, 9.17) is 9.47 Å². The van der Waals surface area contributed by atoms with E-state index >= 15 is 0 Å². The highest BCUT2D eigenvalue weighted by molar-refractivity contribution is 5.77. The SMILES string of the molecule is CCOC(=O)C(C)n1nc2ccc(Oc3cc(C(F)(F)F)n(C)n3)cc2n1. The molecule has 0 bridgehead atoms. The van der Waals surface area contributed by atoms with Gasteiger partial charge in [-0.3, -0.25) is 4.68 Å². The average molecular weight is 383 g/mol. The Balaban J connectivity index is 1.84. The summed E-state index contributed by atoms with van der Waals surface area (Å²) in [6.45, 7) is 3.54. The lowest BCUT2D eigenvalue weighted by molar-refractivity contribution is -0.147. The Kier molecular flexibility index (Phi) is 4.77. The molecule has 0 N–H and O–H groups in total. The smallest absolute Gasteiger partial charge is 0.433 e. The van der Waals surface area contributed by atoms with Crippen LogP contribution in [0.15, 0.2) is 24.3 Å². The number of aryl methyl sites for hydroxylation is 1. The molecular weight excluding hydrogens is 367 g/mol. The van der Waals surface area contributed by atoms with Crippen molar-refractivity contribution in [2.45, 2.75) is 26.1 Å². The first-order valence-electron chi connectivity index (χ1n) is 8.01. The maximum atomic E-state index is 12.8. The van der Waals surface area contributed by atoms with Gasteiger partial charge in [0.15, 0.2) is 6.04 Å². The lowest BCUT2D eigenvalue weighted by Crippen LogP contribution is -2.21. The van der Waals surface area contributed by atoms with Crippen molar-refractivity contribution in [1.29, 1.82) is 0 Å².